The molecular weight excluding hydrogens is 630 g/mol. The summed E-state index contributed by atoms with van der Waals surface area (Å²) in [5.74, 6) is -0.509. The summed E-state index contributed by atoms with van der Waals surface area (Å²) < 4.78 is 54.6. The van der Waals surface area contributed by atoms with Crippen molar-refractivity contribution in [3.05, 3.63) is 0 Å². The van der Waals surface area contributed by atoms with Crippen molar-refractivity contribution in [1.29, 1.82) is 0 Å². The molecular formula is C31H60ClNO13. The number of ether oxygens (including phenoxy) is 10. The lowest BCUT2D eigenvalue weighted by Gasteiger charge is -2.09. The Hall–Kier alpha value is -1.17. The highest BCUT2D eigenvalue weighted by Gasteiger charge is 2.04. The molecule has 0 aromatic carbocycles. The van der Waals surface area contributed by atoms with E-state index in [2.05, 4.69) is 5.32 Å². The molecule has 1 amide bonds. The second kappa shape index (κ2) is 40.0. The quantitative estimate of drug-likeness (QED) is 0.0714. The van der Waals surface area contributed by atoms with Gasteiger partial charge in [-0.25, -0.2) is 0 Å². The van der Waals surface area contributed by atoms with Crippen LogP contribution in [0, 0.1) is 0 Å². The molecule has 46 heavy (non-hydrogen) atoms. The first-order valence-corrected chi connectivity index (χ1v) is 17.0. The summed E-state index contributed by atoms with van der Waals surface area (Å²) in [6, 6.07) is 0. The summed E-state index contributed by atoms with van der Waals surface area (Å²) in [6.45, 7) is 10.8. The number of rotatable bonds is 40. The number of carboxylic acid groups (broad SMARTS) is 1. The Bertz CT molecular complexity index is 637. The summed E-state index contributed by atoms with van der Waals surface area (Å²) in [6.07, 6.45) is 4.96. The Kier molecular flexibility index (Phi) is 39.0. The summed E-state index contributed by atoms with van der Waals surface area (Å²) in [4.78, 5) is 21.8. The van der Waals surface area contributed by atoms with E-state index in [0.29, 0.717) is 138 Å². The van der Waals surface area contributed by atoms with Crippen molar-refractivity contribution < 1.29 is 62.1 Å². The van der Waals surface area contributed by atoms with Gasteiger partial charge in [0.1, 0.15) is 0 Å². The van der Waals surface area contributed by atoms with Gasteiger partial charge in [-0.15, -0.1) is 11.6 Å². The van der Waals surface area contributed by atoms with E-state index in [0.717, 1.165) is 31.7 Å². The number of aliphatic carboxylic acids is 1. The van der Waals surface area contributed by atoms with Crippen LogP contribution in [0.2, 0.25) is 0 Å². The smallest absolute Gasteiger partial charge is 0.303 e. The van der Waals surface area contributed by atoms with E-state index in [1.165, 1.54) is 6.42 Å². The van der Waals surface area contributed by atoms with Crippen LogP contribution in [0.3, 0.4) is 0 Å². The fourth-order valence-electron chi connectivity index (χ4n) is 3.44. The second-order valence-electron chi connectivity index (χ2n) is 9.82. The Morgan fingerprint density at radius 2 is 0.717 bits per heavy atom. The summed E-state index contributed by atoms with van der Waals surface area (Å²) >= 11 is 5.65. The summed E-state index contributed by atoms with van der Waals surface area (Å²) in [5.41, 5.74) is 0. The van der Waals surface area contributed by atoms with Gasteiger partial charge in [0.2, 0.25) is 5.91 Å². The van der Waals surface area contributed by atoms with Crippen molar-refractivity contribution in [3.8, 4) is 0 Å². The third-order valence-corrected chi connectivity index (χ3v) is 6.14. The van der Waals surface area contributed by atoms with E-state index in [1.54, 1.807) is 0 Å². The average molecular weight is 690 g/mol. The molecule has 2 N–H and O–H groups in total. The fraction of sp³-hybridized carbons (Fsp3) is 0.935. The van der Waals surface area contributed by atoms with Gasteiger partial charge in [0.25, 0.3) is 0 Å². The maximum absolute atomic E-state index is 11.4. The minimum absolute atomic E-state index is 0.00866. The van der Waals surface area contributed by atoms with Crippen molar-refractivity contribution >= 4 is 23.5 Å². The molecule has 0 heterocycles. The molecule has 0 saturated carbocycles. The Balaban J connectivity index is 3.08. The molecule has 0 spiro atoms. The van der Waals surface area contributed by atoms with Crippen LogP contribution >= 0.6 is 11.6 Å². The Morgan fingerprint density at radius 3 is 1.04 bits per heavy atom. The zero-order chi connectivity index (χ0) is 33.4. The van der Waals surface area contributed by atoms with Crippen LogP contribution in [0.1, 0.15) is 44.9 Å². The third kappa shape index (κ3) is 40.9. The molecule has 0 aliphatic carbocycles. The first-order valence-electron chi connectivity index (χ1n) is 16.5. The number of hydrogen-bond acceptors (Lipinski definition) is 12. The molecule has 0 unspecified atom stereocenters. The zero-order valence-electron chi connectivity index (χ0n) is 27.7. The number of carbonyl (C=O) groups is 2. The van der Waals surface area contributed by atoms with Crippen molar-refractivity contribution in [2.45, 2.75) is 44.9 Å². The van der Waals surface area contributed by atoms with Gasteiger partial charge >= 0.3 is 5.97 Å². The maximum Gasteiger partial charge on any atom is 0.303 e. The van der Waals surface area contributed by atoms with Gasteiger partial charge in [0, 0.05) is 32.1 Å². The summed E-state index contributed by atoms with van der Waals surface area (Å²) in [7, 11) is 0. The van der Waals surface area contributed by atoms with Crippen molar-refractivity contribution in [2.24, 2.45) is 0 Å². The van der Waals surface area contributed by atoms with E-state index < -0.39 is 5.97 Å². The maximum atomic E-state index is 11.4. The number of unbranched alkanes of at least 4 members (excludes halogenated alkanes) is 3. The fourth-order valence-corrected chi connectivity index (χ4v) is 3.63. The average Bonchev–Trinajstić information content (AvgIpc) is 3.05. The van der Waals surface area contributed by atoms with E-state index >= 15 is 0 Å². The van der Waals surface area contributed by atoms with Crippen LogP contribution in [0.15, 0.2) is 0 Å². The van der Waals surface area contributed by atoms with E-state index in [1.807, 2.05) is 0 Å². The number of halogens is 1. The molecule has 0 radical (unpaired) electrons. The van der Waals surface area contributed by atoms with Crippen LogP contribution < -0.4 is 5.32 Å². The number of amides is 1. The van der Waals surface area contributed by atoms with Crippen LogP contribution in [-0.4, -0.2) is 162 Å². The predicted octanol–water partition coefficient (Wildman–Crippen LogP) is 2.32. The number of carboxylic acids is 1. The SMILES string of the molecule is O=C(O)CCC(=O)NCCCOCCOCCOCCOCCOCCOCCOCCOCCOCCOCCCCCCCl. The molecule has 15 heteroatoms. The number of alkyl halides is 1. The van der Waals surface area contributed by atoms with Crippen molar-refractivity contribution in [1.82, 2.24) is 5.32 Å². The number of hydrogen-bond donors (Lipinski definition) is 2. The Morgan fingerprint density at radius 1 is 0.413 bits per heavy atom. The second-order valence-corrected chi connectivity index (χ2v) is 10.2. The summed E-state index contributed by atoms with van der Waals surface area (Å²) in [5, 5.41) is 11.2. The van der Waals surface area contributed by atoms with Gasteiger partial charge in [-0.3, -0.25) is 9.59 Å². The molecule has 0 bridgehead atoms. The van der Waals surface area contributed by atoms with Gasteiger partial charge in [-0.1, -0.05) is 12.8 Å². The standard InChI is InChI=1S/C31H60ClNO13/c32-8-3-1-2-4-10-37-12-14-39-16-18-41-20-22-43-24-26-45-28-29-46-27-25-44-23-21-42-19-17-40-15-13-38-11-5-9-33-30(34)6-7-31(35)36/h1-29H2,(H,33,34)(H,35,36). The molecule has 0 saturated heterocycles. The van der Waals surface area contributed by atoms with E-state index in [9.17, 15) is 9.59 Å². The molecule has 0 atom stereocenters. The first-order chi connectivity index (χ1) is 22.7. The number of carbonyl (C=O) groups excluding carboxylic acids is 1. The molecule has 274 valence electrons. The molecule has 0 fully saturated rings. The lowest BCUT2D eigenvalue weighted by Crippen LogP contribution is -2.25. The molecule has 0 aromatic rings. The van der Waals surface area contributed by atoms with Gasteiger partial charge in [-0.2, -0.15) is 0 Å². The molecule has 0 aliphatic rings. The first kappa shape index (κ1) is 44.8. The lowest BCUT2D eigenvalue weighted by atomic mass is 10.2. The highest BCUT2D eigenvalue weighted by molar-refractivity contribution is 6.17. The number of nitrogens with one attached hydrogen (secondary N) is 1. The normalized spacial score (nSPS) is 11.3. The van der Waals surface area contributed by atoms with Gasteiger partial charge in [0.05, 0.1) is 125 Å². The lowest BCUT2D eigenvalue weighted by molar-refractivity contribution is -0.138. The van der Waals surface area contributed by atoms with Gasteiger partial charge < -0.3 is 57.8 Å². The zero-order valence-corrected chi connectivity index (χ0v) is 28.5. The minimum Gasteiger partial charge on any atom is -0.481 e. The van der Waals surface area contributed by atoms with Crippen LogP contribution in [-0.2, 0) is 57.0 Å². The highest BCUT2D eigenvalue weighted by Crippen LogP contribution is 2.01. The third-order valence-electron chi connectivity index (χ3n) is 5.87. The molecule has 0 rings (SSSR count). The predicted molar refractivity (Wildman–Crippen MR) is 172 cm³/mol. The largest absolute Gasteiger partial charge is 0.481 e. The van der Waals surface area contributed by atoms with Gasteiger partial charge in [0.15, 0.2) is 0 Å². The minimum atomic E-state index is -0.981. The Labute approximate surface area is 280 Å². The molecule has 0 aromatic heterocycles. The van der Waals surface area contributed by atoms with E-state index in [-0.39, 0.29) is 18.7 Å². The topological polar surface area (TPSA) is 159 Å². The highest BCUT2D eigenvalue weighted by atomic mass is 35.5. The van der Waals surface area contributed by atoms with Crippen molar-refractivity contribution in [3.63, 3.8) is 0 Å². The monoisotopic (exact) mass is 689 g/mol. The molecule has 0 aliphatic heterocycles. The van der Waals surface area contributed by atoms with Crippen LogP contribution in [0.5, 0.6) is 0 Å². The van der Waals surface area contributed by atoms with Crippen molar-refractivity contribution in [2.75, 3.05) is 145 Å². The van der Waals surface area contributed by atoms with Crippen LogP contribution in [0.4, 0.5) is 0 Å². The van der Waals surface area contributed by atoms with Crippen LogP contribution in [0.25, 0.3) is 0 Å². The van der Waals surface area contributed by atoms with Gasteiger partial charge in [-0.05, 0) is 19.3 Å². The molecule has 14 nitrogen and oxygen atoms in total. The van der Waals surface area contributed by atoms with E-state index in [4.69, 9.17) is 64.1 Å².